The normalized spacial score (nSPS) is 25.6. The van der Waals surface area contributed by atoms with Crippen molar-refractivity contribution in [3.8, 4) is 0 Å². The maximum absolute atomic E-state index is 13.2. The van der Waals surface area contributed by atoms with E-state index in [1.54, 1.807) is 11.9 Å². The molecule has 0 saturated carbocycles. The van der Waals surface area contributed by atoms with Crippen LogP contribution in [-0.2, 0) is 11.3 Å². The van der Waals surface area contributed by atoms with Gasteiger partial charge in [-0.05, 0) is 43.6 Å². The Kier molecular flexibility index (Phi) is 5.04. The fourth-order valence-corrected chi connectivity index (χ4v) is 4.79. The van der Waals surface area contributed by atoms with E-state index in [-0.39, 0.29) is 11.9 Å². The third-order valence-corrected chi connectivity index (χ3v) is 6.56. The average molecular weight is 367 g/mol. The van der Waals surface area contributed by atoms with Gasteiger partial charge in [0.1, 0.15) is 5.54 Å². The SMILES string of the molecule is CN1C(=O)N(Cc2ccccc2)C(=O)C12CCN(CC1CC=CCC1)CC2. The Bertz CT molecular complexity index is 722. The molecule has 0 aromatic heterocycles. The van der Waals surface area contributed by atoms with Gasteiger partial charge in [-0.2, -0.15) is 0 Å². The van der Waals surface area contributed by atoms with E-state index in [2.05, 4.69) is 17.1 Å². The lowest BCUT2D eigenvalue weighted by atomic mass is 9.85. The zero-order chi connectivity index (χ0) is 18.9. The van der Waals surface area contributed by atoms with Gasteiger partial charge in [-0.15, -0.1) is 0 Å². The van der Waals surface area contributed by atoms with E-state index in [0.717, 1.165) is 44.0 Å². The summed E-state index contributed by atoms with van der Waals surface area (Å²) >= 11 is 0. The molecule has 144 valence electrons. The predicted molar refractivity (Wildman–Crippen MR) is 105 cm³/mol. The second-order valence-electron chi connectivity index (χ2n) is 8.20. The van der Waals surface area contributed by atoms with Gasteiger partial charge in [0.25, 0.3) is 5.91 Å². The lowest BCUT2D eigenvalue weighted by molar-refractivity contribution is -0.135. The molecule has 0 N–H and O–H groups in total. The molecular weight excluding hydrogens is 338 g/mol. The minimum Gasteiger partial charge on any atom is -0.312 e. The van der Waals surface area contributed by atoms with Crippen molar-refractivity contribution < 1.29 is 9.59 Å². The Morgan fingerprint density at radius 1 is 1.07 bits per heavy atom. The number of likely N-dealkylation sites (N-methyl/N-ethyl adjacent to an activating group) is 1. The maximum Gasteiger partial charge on any atom is 0.327 e. The Morgan fingerprint density at radius 3 is 2.48 bits per heavy atom. The number of rotatable bonds is 4. The number of benzene rings is 1. The molecule has 5 nitrogen and oxygen atoms in total. The second-order valence-corrected chi connectivity index (χ2v) is 8.20. The van der Waals surface area contributed by atoms with Crippen LogP contribution in [0.1, 0.15) is 37.7 Å². The zero-order valence-corrected chi connectivity index (χ0v) is 16.1. The average Bonchev–Trinajstić information content (AvgIpc) is 2.87. The van der Waals surface area contributed by atoms with Gasteiger partial charge in [0.05, 0.1) is 6.54 Å². The topological polar surface area (TPSA) is 43.9 Å². The van der Waals surface area contributed by atoms with Crippen molar-refractivity contribution >= 4 is 11.9 Å². The standard InChI is InChI=1S/C22H29N3O2/c1-23-21(27)25(17-19-10-6-3-7-11-19)20(26)22(23)12-14-24(15-13-22)16-18-8-4-2-5-9-18/h2-4,6-7,10-11,18H,5,8-9,12-17H2,1H3. The first-order valence-corrected chi connectivity index (χ1v) is 10.1. The van der Waals surface area contributed by atoms with Crippen LogP contribution in [0.4, 0.5) is 4.79 Å². The van der Waals surface area contributed by atoms with E-state index in [0.29, 0.717) is 6.54 Å². The highest BCUT2D eigenvalue weighted by Gasteiger charge is 2.56. The Balaban J connectivity index is 1.41. The first kappa shape index (κ1) is 18.2. The number of allylic oxidation sites excluding steroid dienone is 2. The van der Waals surface area contributed by atoms with Crippen LogP contribution < -0.4 is 0 Å². The molecule has 4 rings (SSSR count). The molecule has 2 saturated heterocycles. The second kappa shape index (κ2) is 7.47. The van der Waals surface area contributed by atoms with Crippen LogP contribution in [-0.4, -0.2) is 58.9 Å². The largest absolute Gasteiger partial charge is 0.327 e. The number of likely N-dealkylation sites (tertiary alicyclic amines) is 1. The molecule has 2 aliphatic heterocycles. The molecule has 3 amide bonds. The minimum absolute atomic E-state index is 0.0147. The van der Waals surface area contributed by atoms with Gasteiger partial charge in [-0.25, -0.2) is 4.79 Å². The van der Waals surface area contributed by atoms with Gasteiger partial charge in [-0.1, -0.05) is 42.5 Å². The molecule has 1 spiro atoms. The lowest BCUT2D eigenvalue weighted by Crippen LogP contribution is -2.55. The van der Waals surface area contributed by atoms with Crippen molar-refractivity contribution in [3.05, 3.63) is 48.0 Å². The molecule has 2 fully saturated rings. The molecule has 1 aromatic rings. The van der Waals surface area contributed by atoms with Crippen LogP contribution in [0.15, 0.2) is 42.5 Å². The van der Waals surface area contributed by atoms with Gasteiger partial charge in [-0.3, -0.25) is 9.69 Å². The van der Waals surface area contributed by atoms with Crippen molar-refractivity contribution in [1.82, 2.24) is 14.7 Å². The van der Waals surface area contributed by atoms with Crippen molar-refractivity contribution in [1.29, 1.82) is 0 Å². The number of carbonyl (C=O) groups excluding carboxylic acids is 2. The Labute approximate surface area is 161 Å². The summed E-state index contributed by atoms with van der Waals surface area (Å²) in [5, 5.41) is 0. The number of hydrogen-bond donors (Lipinski definition) is 0. The molecule has 0 bridgehead atoms. The maximum atomic E-state index is 13.2. The minimum atomic E-state index is -0.644. The van der Waals surface area contributed by atoms with Crippen molar-refractivity contribution in [2.75, 3.05) is 26.7 Å². The van der Waals surface area contributed by atoms with Crippen LogP contribution in [0, 0.1) is 5.92 Å². The summed E-state index contributed by atoms with van der Waals surface area (Å²) in [7, 11) is 1.80. The first-order valence-electron chi connectivity index (χ1n) is 10.1. The number of piperidine rings is 1. The number of nitrogens with zero attached hydrogens (tertiary/aromatic N) is 3. The van der Waals surface area contributed by atoms with Gasteiger partial charge in [0, 0.05) is 26.7 Å². The van der Waals surface area contributed by atoms with Gasteiger partial charge < -0.3 is 9.80 Å². The summed E-state index contributed by atoms with van der Waals surface area (Å²) in [6.45, 7) is 3.26. The fraction of sp³-hybridized carbons (Fsp3) is 0.545. The molecule has 1 aromatic carbocycles. The molecule has 1 unspecified atom stereocenters. The monoisotopic (exact) mass is 367 g/mol. The molecular formula is C22H29N3O2. The van der Waals surface area contributed by atoms with Crippen molar-refractivity contribution in [3.63, 3.8) is 0 Å². The number of imide groups is 1. The molecule has 0 radical (unpaired) electrons. The van der Waals surface area contributed by atoms with Crippen molar-refractivity contribution in [2.45, 2.75) is 44.2 Å². The quantitative estimate of drug-likeness (QED) is 0.606. The molecule has 1 aliphatic carbocycles. The van der Waals surface area contributed by atoms with Crippen LogP contribution in [0.2, 0.25) is 0 Å². The van der Waals surface area contributed by atoms with E-state index in [4.69, 9.17) is 0 Å². The molecule has 27 heavy (non-hydrogen) atoms. The van der Waals surface area contributed by atoms with Crippen LogP contribution in [0.3, 0.4) is 0 Å². The number of carbonyl (C=O) groups is 2. The van der Waals surface area contributed by atoms with Crippen molar-refractivity contribution in [2.24, 2.45) is 5.92 Å². The van der Waals surface area contributed by atoms with E-state index < -0.39 is 5.54 Å². The summed E-state index contributed by atoms with van der Waals surface area (Å²) in [5.74, 6) is 0.719. The van der Waals surface area contributed by atoms with Gasteiger partial charge in [0.2, 0.25) is 0 Å². The highest BCUT2D eigenvalue weighted by atomic mass is 16.2. The number of amides is 3. The Morgan fingerprint density at radius 2 is 1.81 bits per heavy atom. The number of hydrogen-bond acceptors (Lipinski definition) is 3. The third-order valence-electron chi connectivity index (χ3n) is 6.56. The third kappa shape index (κ3) is 3.41. The van der Waals surface area contributed by atoms with Crippen LogP contribution in [0.25, 0.3) is 0 Å². The number of urea groups is 1. The summed E-state index contributed by atoms with van der Waals surface area (Å²) in [6.07, 6.45) is 9.68. The summed E-state index contributed by atoms with van der Waals surface area (Å²) in [6, 6.07) is 9.61. The smallest absolute Gasteiger partial charge is 0.312 e. The summed E-state index contributed by atoms with van der Waals surface area (Å²) in [5.41, 5.74) is 0.349. The van der Waals surface area contributed by atoms with Crippen LogP contribution in [0.5, 0.6) is 0 Å². The molecule has 5 heteroatoms. The molecule has 1 atom stereocenters. The van der Waals surface area contributed by atoms with E-state index >= 15 is 0 Å². The fourth-order valence-electron chi connectivity index (χ4n) is 4.79. The van der Waals surface area contributed by atoms with Crippen LogP contribution >= 0.6 is 0 Å². The summed E-state index contributed by atoms with van der Waals surface area (Å²) in [4.78, 5) is 31.7. The lowest BCUT2D eigenvalue weighted by Gasteiger charge is -2.41. The van der Waals surface area contributed by atoms with E-state index in [1.165, 1.54) is 24.2 Å². The first-order chi connectivity index (χ1) is 13.1. The van der Waals surface area contributed by atoms with E-state index in [1.807, 2.05) is 30.3 Å². The Hall–Kier alpha value is -2.14. The highest BCUT2D eigenvalue weighted by Crippen LogP contribution is 2.37. The van der Waals surface area contributed by atoms with Gasteiger partial charge in [0.15, 0.2) is 0 Å². The summed E-state index contributed by atoms with van der Waals surface area (Å²) < 4.78 is 0. The van der Waals surface area contributed by atoms with Gasteiger partial charge >= 0.3 is 6.03 Å². The molecule has 2 heterocycles. The zero-order valence-electron chi connectivity index (χ0n) is 16.1. The van der Waals surface area contributed by atoms with E-state index in [9.17, 15) is 9.59 Å². The predicted octanol–water partition coefficient (Wildman–Crippen LogP) is 3.27. The highest BCUT2D eigenvalue weighted by molar-refractivity contribution is 6.06. The molecule has 3 aliphatic rings.